The van der Waals surface area contributed by atoms with Gasteiger partial charge in [-0.2, -0.15) is 0 Å². The molecule has 7 nitrogen and oxygen atoms in total. The molecule has 0 aliphatic heterocycles. The van der Waals surface area contributed by atoms with Crippen LogP contribution in [0.1, 0.15) is 11.4 Å². The summed E-state index contributed by atoms with van der Waals surface area (Å²) in [5.74, 6) is 4.02. The molecule has 2 heterocycles. The van der Waals surface area contributed by atoms with E-state index in [2.05, 4.69) is 26.2 Å². The number of rotatable bonds is 8. The summed E-state index contributed by atoms with van der Waals surface area (Å²) >= 11 is 0. The number of aliphatic hydroxyl groups is 1. The molecular weight excluding hydrogens is 318 g/mol. The average Bonchev–Trinajstić information content (AvgIpc) is 3.14. The number of ether oxygens (including phenoxy) is 1. The van der Waals surface area contributed by atoms with E-state index in [9.17, 15) is 0 Å². The smallest absolute Gasteiger partial charge is 0.151 e. The first-order chi connectivity index (χ1) is 12.3. The molecule has 0 unspecified atom stereocenters. The summed E-state index contributed by atoms with van der Waals surface area (Å²) in [5, 5.41) is 12.9. The number of hydrogen-bond acceptors (Lipinski definition) is 6. The number of aromatic nitrogens is 4. The van der Waals surface area contributed by atoms with Crippen LogP contribution in [0, 0.1) is 12.3 Å². The standard InChI is InChI=1S/C18H19N5O2/c1-2-14-3-4-16-15(11-14)18(20-6-9-25-10-8-24)22-17(21-16)12-23-7-5-19-13-23/h1,3-5,7,11,13,24H,6,8-10,12H2,(H,20,21,22). The van der Waals surface area contributed by atoms with Crippen LogP contribution in [-0.2, 0) is 11.3 Å². The summed E-state index contributed by atoms with van der Waals surface area (Å²) in [6.07, 6.45) is 10.8. The molecule has 128 valence electrons. The van der Waals surface area contributed by atoms with E-state index in [1.165, 1.54) is 0 Å². The van der Waals surface area contributed by atoms with Gasteiger partial charge >= 0.3 is 0 Å². The van der Waals surface area contributed by atoms with Crippen molar-refractivity contribution >= 4 is 16.7 Å². The summed E-state index contributed by atoms with van der Waals surface area (Å²) in [5.41, 5.74) is 1.60. The van der Waals surface area contributed by atoms with Crippen molar-refractivity contribution in [3.63, 3.8) is 0 Å². The maximum absolute atomic E-state index is 8.75. The number of anilines is 1. The second-order valence-corrected chi connectivity index (χ2v) is 5.36. The Balaban J connectivity index is 1.87. The van der Waals surface area contributed by atoms with Gasteiger partial charge in [-0.1, -0.05) is 5.92 Å². The van der Waals surface area contributed by atoms with E-state index < -0.39 is 0 Å². The number of benzene rings is 1. The van der Waals surface area contributed by atoms with Crippen LogP contribution >= 0.6 is 0 Å². The summed E-state index contributed by atoms with van der Waals surface area (Å²) in [6, 6.07) is 5.66. The van der Waals surface area contributed by atoms with E-state index in [1.54, 1.807) is 12.5 Å². The Labute approximate surface area is 145 Å². The topological polar surface area (TPSA) is 85.1 Å². The minimum Gasteiger partial charge on any atom is -0.394 e. The van der Waals surface area contributed by atoms with E-state index in [-0.39, 0.29) is 6.61 Å². The Morgan fingerprint density at radius 2 is 2.20 bits per heavy atom. The highest BCUT2D eigenvalue weighted by atomic mass is 16.5. The zero-order valence-corrected chi connectivity index (χ0v) is 13.7. The lowest BCUT2D eigenvalue weighted by molar-refractivity contribution is 0.0992. The van der Waals surface area contributed by atoms with Gasteiger partial charge in [0, 0.05) is 29.9 Å². The Kier molecular flexibility index (Phi) is 5.57. The fourth-order valence-corrected chi connectivity index (χ4v) is 2.42. The molecule has 2 N–H and O–H groups in total. The molecule has 0 radical (unpaired) electrons. The first kappa shape index (κ1) is 16.9. The molecule has 0 saturated carbocycles. The first-order valence-corrected chi connectivity index (χ1v) is 7.95. The summed E-state index contributed by atoms with van der Waals surface area (Å²) in [7, 11) is 0. The third-order valence-electron chi connectivity index (χ3n) is 3.57. The van der Waals surface area contributed by atoms with Crippen LogP contribution in [0.4, 0.5) is 5.82 Å². The van der Waals surface area contributed by atoms with Crippen LogP contribution in [0.25, 0.3) is 10.9 Å². The molecule has 0 atom stereocenters. The number of aliphatic hydroxyl groups excluding tert-OH is 1. The van der Waals surface area contributed by atoms with Gasteiger partial charge in [-0.05, 0) is 18.2 Å². The molecule has 0 fully saturated rings. The van der Waals surface area contributed by atoms with Crippen LogP contribution in [0.5, 0.6) is 0 Å². The van der Waals surface area contributed by atoms with Crippen molar-refractivity contribution in [3.05, 3.63) is 48.3 Å². The molecule has 0 spiro atoms. The largest absolute Gasteiger partial charge is 0.394 e. The van der Waals surface area contributed by atoms with Crippen LogP contribution in [0.15, 0.2) is 36.9 Å². The lowest BCUT2D eigenvalue weighted by Gasteiger charge is -2.12. The molecule has 1 aromatic carbocycles. The molecule has 0 aliphatic carbocycles. The van der Waals surface area contributed by atoms with E-state index in [4.69, 9.17) is 16.3 Å². The molecule has 0 saturated heterocycles. The second kappa shape index (κ2) is 8.24. The number of terminal acetylenes is 1. The Hall–Kier alpha value is -2.95. The molecule has 2 aromatic heterocycles. The molecule has 3 rings (SSSR count). The predicted octanol–water partition coefficient (Wildman–Crippen LogP) is 1.28. The van der Waals surface area contributed by atoms with Crippen molar-refractivity contribution in [1.82, 2.24) is 19.5 Å². The lowest BCUT2D eigenvalue weighted by Crippen LogP contribution is -2.14. The van der Waals surface area contributed by atoms with Gasteiger partial charge in [0.2, 0.25) is 0 Å². The maximum Gasteiger partial charge on any atom is 0.151 e. The van der Waals surface area contributed by atoms with Crippen LogP contribution in [0.2, 0.25) is 0 Å². The fraction of sp³-hybridized carbons (Fsp3) is 0.278. The minimum absolute atomic E-state index is 0.0109. The lowest BCUT2D eigenvalue weighted by atomic mass is 10.1. The number of nitrogens with zero attached hydrogens (tertiary/aromatic N) is 4. The summed E-state index contributed by atoms with van der Waals surface area (Å²) in [4.78, 5) is 13.3. The van der Waals surface area contributed by atoms with Crippen LogP contribution in [-0.4, -0.2) is 51.0 Å². The van der Waals surface area contributed by atoms with Gasteiger partial charge in [-0.3, -0.25) is 0 Å². The number of fused-ring (bicyclic) bond motifs is 1. The Morgan fingerprint density at radius 3 is 2.96 bits per heavy atom. The number of hydrogen-bond donors (Lipinski definition) is 2. The quantitative estimate of drug-likeness (QED) is 0.476. The summed E-state index contributed by atoms with van der Waals surface area (Å²) < 4.78 is 7.18. The molecule has 0 aliphatic rings. The fourth-order valence-electron chi connectivity index (χ4n) is 2.42. The molecular formula is C18H19N5O2. The zero-order valence-electron chi connectivity index (χ0n) is 13.7. The van der Waals surface area contributed by atoms with Gasteiger partial charge in [0.25, 0.3) is 0 Å². The van der Waals surface area contributed by atoms with Crippen molar-refractivity contribution in [2.45, 2.75) is 6.54 Å². The number of nitrogens with one attached hydrogen (secondary N) is 1. The zero-order chi connectivity index (χ0) is 17.5. The molecule has 7 heteroatoms. The Morgan fingerprint density at radius 1 is 1.28 bits per heavy atom. The van der Waals surface area contributed by atoms with Gasteiger partial charge in [-0.15, -0.1) is 6.42 Å². The third kappa shape index (κ3) is 4.32. The highest BCUT2D eigenvalue weighted by molar-refractivity contribution is 5.90. The molecule has 25 heavy (non-hydrogen) atoms. The van der Waals surface area contributed by atoms with Crippen LogP contribution in [0.3, 0.4) is 0 Å². The van der Waals surface area contributed by atoms with E-state index in [1.807, 2.05) is 29.0 Å². The maximum atomic E-state index is 8.75. The summed E-state index contributed by atoms with van der Waals surface area (Å²) in [6.45, 7) is 1.90. The average molecular weight is 337 g/mol. The second-order valence-electron chi connectivity index (χ2n) is 5.36. The van der Waals surface area contributed by atoms with E-state index in [0.29, 0.717) is 37.9 Å². The van der Waals surface area contributed by atoms with E-state index >= 15 is 0 Å². The van der Waals surface area contributed by atoms with Gasteiger partial charge in [-0.25, -0.2) is 15.0 Å². The van der Waals surface area contributed by atoms with Crippen LogP contribution < -0.4 is 5.32 Å². The van der Waals surface area contributed by atoms with Gasteiger partial charge in [0.15, 0.2) is 5.82 Å². The Bertz CT molecular complexity index is 871. The van der Waals surface area contributed by atoms with Gasteiger partial charge < -0.3 is 19.7 Å². The van der Waals surface area contributed by atoms with Gasteiger partial charge in [0.05, 0.1) is 38.2 Å². The molecule has 3 aromatic rings. The highest BCUT2D eigenvalue weighted by Gasteiger charge is 2.09. The van der Waals surface area contributed by atoms with Crippen molar-refractivity contribution in [2.75, 3.05) is 31.7 Å². The van der Waals surface area contributed by atoms with Crippen molar-refractivity contribution in [1.29, 1.82) is 0 Å². The number of imidazole rings is 1. The van der Waals surface area contributed by atoms with Crippen molar-refractivity contribution < 1.29 is 9.84 Å². The third-order valence-corrected chi connectivity index (χ3v) is 3.57. The minimum atomic E-state index is 0.0109. The SMILES string of the molecule is C#Cc1ccc2nc(Cn3ccnc3)nc(NCCOCCO)c2c1. The highest BCUT2D eigenvalue weighted by Crippen LogP contribution is 2.22. The van der Waals surface area contributed by atoms with Crippen molar-refractivity contribution in [3.8, 4) is 12.3 Å². The predicted molar refractivity (Wildman–Crippen MR) is 95.2 cm³/mol. The molecule has 0 amide bonds. The van der Waals surface area contributed by atoms with Crippen molar-refractivity contribution in [2.24, 2.45) is 0 Å². The monoisotopic (exact) mass is 337 g/mol. The normalized spacial score (nSPS) is 10.7. The van der Waals surface area contributed by atoms with E-state index in [0.717, 1.165) is 16.5 Å². The first-order valence-electron chi connectivity index (χ1n) is 7.95. The van der Waals surface area contributed by atoms with Gasteiger partial charge in [0.1, 0.15) is 5.82 Å². The molecule has 0 bridgehead atoms.